The average Bonchev–Trinajstić information content (AvgIpc) is 0.918. The molecule has 0 bridgehead atoms. The molecule has 0 atom stereocenters. The van der Waals surface area contributed by atoms with Crippen LogP contribution in [-0.2, 0) is 22.4 Å². The summed E-state index contributed by atoms with van der Waals surface area (Å²) in [6, 6.07) is 0. The molecular weight excluding hydrogens is 166 g/mol. The molecule has 0 unspecified atom stereocenters. The summed E-state index contributed by atoms with van der Waals surface area (Å²) in [6.45, 7) is 0. The fraction of sp³-hybridized carbons (Fsp3) is 0. The van der Waals surface area contributed by atoms with Gasteiger partial charge in [0.25, 0.3) is 0 Å². The minimum Gasteiger partial charge on any atom is -0.185 e. The van der Waals surface area contributed by atoms with Crippen LogP contribution in [0.2, 0.25) is 0 Å². The van der Waals surface area contributed by atoms with Gasteiger partial charge in [0, 0.05) is 0 Å². The Hall–Kier alpha value is 0.580. The minimum atomic E-state index is 0. The molecule has 0 N–H and O–H groups in total. The second kappa shape index (κ2) is 9.55. The third kappa shape index (κ3) is 19.1. The number of thiocyanates is 1. The van der Waals surface area contributed by atoms with Crippen molar-refractivity contribution in [3.05, 3.63) is 0 Å². The van der Waals surface area contributed by atoms with Crippen LogP contribution in [0.5, 0.6) is 0 Å². The van der Waals surface area contributed by atoms with Crippen molar-refractivity contribution in [1.29, 1.82) is 5.26 Å². The molecule has 0 rings (SSSR count). The fourth-order valence-corrected chi connectivity index (χ4v) is 0. The van der Waals surface area contributed by atoms with E-state index in [4.69, 9.17) is 5.26 Å². The third-order valence-electron chi connectivity index (χ3n) is 0. The van der Waals surface area contributed by atoms with Crippen LogP contribution >= 0.6 is 12.6 Å². The summed E-state index contributed by atoms with van der Waals surface area (Å²) in [5.41, 5.74) is 0. The Morgan fingerprint density at radius 3 is 1.75 bits per heavy atom. The van der Waals surface area contributed by atoms with Crippen molar-refractivity contribution in [2.24, 2.45) is 0 Å². The average molecular weight is 167 g/mol. The van der Waals surface area contributed by atoms with Crippen molar-refractivity contribution in [1.82, 2.24) is 0 Å². The summed E-state index contributed by atoms with van der Waals surface area (Å²) in [4.78, 5) is 0. The third-order valence-corrected chi connectivity index (χ3v) is 0. The maximum atomic E-state index is 7.18. The van der Waals surface area contributed by atoms with Gasteiger partial charge >= 0.3 is 22.4 Å². The van der Waals surface area contributed by atoms with E-state index in [1.54, 1.807) is 0 Å². The van der Waals surface area contributed by atoms with Gasteiger partial charge in [-0.1, -0.05) is 12.6 Å². The van der Waals surface area contributed by atoms with E-state index < -0.39 is 0 Å². The number of nitrogens with zero attached hydrogens (tertiary/aromatic N) is 1. The molecule has 0 saturated heterocycles. The van der Waals surface area contributed by atoms with Crippen LogP contribution in [-0.4, -0.2) is 0 Å². The SMILES string of the molecule is N#CS.[Ag+]. The van der Waals surface area contributed by atoms with Crippen molar-refractivity contribution in [3.8, 4) is 5.40 Å². The molecular formula is CHAgNS+. The zero-order chi connectivity index (χ0) is 2.71. The Balaban J connectivity index is 0. The van der Waals surface area contributed by atoms with Crippen LogP contribution in [0.3, 0.4) is 0 Å². The molecule has 0 radical (unpaired) electrons. The molecule has 0 aliphatic carbocycles. The maximum Gasteiger partial charge on any atom is 1.00 e. The van der Waals surface area contributed by atoms with Gasteiger partial charge in [-0.3, -0.25) is 0 Å². The van der Waals surface area contributed by atoms with Gasteiger partial charge in [-0.15, -0.1) is 0 Å². The molecule has 0 spiro atoms. The van der Waals surface area contributed by atoms with Crippen LogP contribution in [0.4, 0.5) is 0 Å². The molecule has 0 aromatic rings. The second-order valence-corrected chi connectivity index (χ2v) is 0.300. The molecule has 0 fully saturated rings. The molecule has 0 aliphatic rings. The molecule has 4 heavy (non-hydrogen) atoms. The number of rotatable bonds is 0. The number of nitriles is 1. The van der Waals surface area contributed by atoms with Crippen molar-refractivity contribution in [2.75, 3.05) is 0 Å². The molecule has 0 aliphatic heterocycles. The van der Waals surface area contributed by atoms with Crippen LogP contribution in [0.1, 0.15) is 0 Å². The molecule has 0 heterocycles. The van der Waals surface area contributed by atoms with Crippen LogP contribution in [0.15, 0.2) is 0 Å². The van der Waals surface area contributed by atoms with Crippen molar-refractivity contribution < 1.29 is 22.4 Å². The summed E-state index contributed by atoms with van der Waals surface area (Å²) < 4.78 is 0. The summed E-state index contributed by atoms with van der Waals surface area (Å²) in [5.74, 6) is 0. The van der Waals surface area contributed by atoms with Crippen molar-refractivity contribution in [3.63, 3.8) is 0 Å². The Kier molecular flexibility index (Phi) is 21.0. The predicted octanol–water partition coefficient (Wildman–Crippen LogP) is 0.395. The van der Waals surface area contributed by atoms with E-state index in [0.717, 1.165) is 0 Å². The minimum absolute atomic E-state index is 0. The molecule has 0 aromatic carbocycles. The van der Waals surface area contributed by atoms with Gasteiger partial charge in [0.15, 0.2) is 0 Å². The van der Waals surface area contributed by atoms with Crippen LogP contribution in [0, 0.1) is 10.7 Å². The van der Waals surface area contributed by atoms with Crippen LogP contribution < -0.4 is 0 Å². The molecule has 0 amide bonds. The molecule has 1 nitrogen and oxygen atoms in total. The van der Waals surface area contributed by atoms with Crippen LogP contribution in [0.25, 0.3) is 0 Å². The second-order valence-electron chi connectivity index (χ2n) is 0.100. The first-order valence-corrected chi connectivity index (χ1v) is 0.894. The molecule has 3 heteroatoms. The molecule has 0 saturated carbocycles. The first-order chi connectivity index (χ1) is 1.41. The predicted molar refractivity (Wildman–Crippen MR) is 14.6 cm³/mol. The summed E-state index contributed by atoms with van der Waals surface area (Å²) in [5, 5.41) is 8.63. The van der Waals surface area contributed by atoms with E-state index in [1.807, 2.05) is 0 Å². The van der Waals surface area contributed by atoms with Crippen molar-refractivity contribution in [2.45, 2.75) is 0 Å². The van der Waals surface area contributed by atoms with E-state index in [1.165, 1.54) is 5.40 Å². The van der Waals surface area contributed by atoms with E-state index in [9.17, 15) is 0 Å². The Labute approximate surface area is 45.9 Å². The number of hydrogen-bond donors (Lipinski definition) is 1. The van der Waals surface area contributed by atoms with Gasteiger partial charge in [-0.25, -0.2) is 0 Å². The standard InChI is InChI=1S/CHNS.Ag/c2-1-3;/h3H;/q;+1. The number of hydrogen-bond acceptors (Lipinski definition) is 2. The van der Waals surface area contributed by atoms with E-state index in [2.05, 4.69) is 12.6 Å². The van der Waals surface area contributed by atoms with Gasteiger partial charge in [-0.2, -0.15) is 5.26 Å². The molecule has 26 valence electrons. The Morgan fingerprint density at radius 2 is 1.75 bits per heavy atom. The normalized spacial score (nSPS) is 2.00. The Morgan fingerprint density at radius 1 is 1.75 bits per heavy atom. The topological polar surface area (TPSA) is 23.8 Å². The van der Waals surface area contributed by atoms with Gasteiger partial charge in [-0.05, 0) is 0 Å². The van der Waals surface area contributed by atoms with E-state index in [0.29, 0.717) is 0 Å². The van der Waals surface area contributed by atoms with E-state index >= 15 is 0 Å². The zero-order valence-corrected chi connectivity index (χ0v) is 4.07. The first kappa shape index (κ1) is 8.82. The smallest absolute Gasteiger partial charge is 0.185 e. The van der Waals surface area contributed by atoms with Gasteiger partial charge in [0.2, 0.25) is 0 Å². The fourth-order valence-electron chi connectivity index (χ4n) is 0. The quantitative estimate of drug-likeness (QED) is 0.315. The summed E-state index contributed by atoms with van der Waals surface area (Å²) >= 11 is 3.09. The maximum absolute atomic E-state index is 7.18. The zero-order valence-electron chi connectivity index (χ0n) is 1.70. The van der Waals surface area contributed by atoms with Gasteiger partial charge < -0.3 is 0 Å². The van der Waals surface area contributed by atoms with Gasteiger partial charge in [0.05, 0.1) is 0 Å². The first-order valence-electron chi connectivity index (χ1n) is 0.447. The largest absolute Gasteiger partial charge is 1.00 e. The monoisotopic (exact) mass is 166 g/mol. The summed E-state index contributed by atoms with van der Waals surface area (Å²) in [6.07, 6.45) is 0. The van der Waals surface area contributed by atoms with Gasteiger partial charge in [0.1, 0.15) is 5.40 Å². The Bertz CT molecular complexity index is 29.5. The van der Waals surface area contributed by atoms with Crippen molar-refractivity contribution >= 4 is 12.6 Å². The summed E-state index contributed by atoms with van der Waals surface area (Å²) in [7, 11) is 0. The van der Waals surface area contributed by atoms with E-state index in [-0.39, 0.29) is 22.4 Å². The molecule has 0 aromatic heterocycles. The number of thiol groups is 1.